The molecule has 0 saturated heterocycles. The van der Waals surface area contributed by atoms with E-state index in [0.29, 0.717) is 0 Å². The summed E-state index contributed by atoms with van der Waals surface area (Å²) in [6.07, 6.45) is 0. The quantitative estimate of drug-likeness (QED) is 0.816. The van der Waals surface area contributed by atoms with E-state index in [9.17, 15) is 0 Å². The number of rotatable bonds is 3. The predicted molar refractivity (Wildman–Crippen MR) is 71.1 cm³/mol. The van der Waals surface area contributed by atoms with Gasteiger partial charge in [-0.05, 0) is 29.8 Å². The van der Waals surface area contributed by atoms with Crippen LogP contribution in [0.1, 0.15) is 12.5 Å². The van der Waals surface area contributed by atoms with Crippen molar-refractivity contribution in [2.75, 3.05) is 6.61 Å². The molecular weight excluding hydrogens is 216 g/mol. The van der Waals surface area contributed by atoms with Crippen LogP contribution in [0.3, 0.4) is 0 Å². The highest BCUT2D eigenvalue weighted by Crippen LogP contribution is 2.27. The zero-order chi connectivity index (χ0) is 11.5. The van der Waals surface area contributed by atoms with Gasteiger partial charge in [-0.1, -0.05) is 36.8 Å². The zero-order valence-corrected chi connectivity index (χ0v) is 10.4. The van der Waals surface area contributed by atoms with Crippen molar-refractivity contribution in [1.82, 2.24) is 0 Å². The van der Waals surface area contributed by atoms with E-state index in [1.165, 1.54) is 21.2 Å². The monoisotopic (exact) mass is 232 g/mol. The summed E-state index contributed by atoms with van der Waals surface area (Å²) in [5.74, 6) is 0. The number of fused-ring (bicyclic) bond motifs is 1. The van der Waals surface area contributed by atoms with E-state index < -0.39 is 0 Å². The average Bonchev–Trinajstić information content (AvgIpc) is 2.29. The van der Waals surface area contributed by atoms with E-state index in [1.54, 1.807) is 11.8 Å². The molecule has 1 nitrogen and oxygen atoms in total. The van der Waals surface area contributed by atoms with Crippen LogP contribution in [-0.2, 0) is 0 Å². The summed E-state index contributed by atoms with van der Waals surface area (Å²) in [5.41, 5.74) is 1.29. The van der Waals surface area contributed by atoms with Gasteiger partial charge in [0.25, 0.3) is 0 Å². The number of hydrogen-bond donors (Lipinski definition) is 1. The van der Waals surface area contributed by atoms with Crippen molar-refractivity contribution in [3.8, 4) is 0 Å². The van der Waals surface area contributed by atoms with Crippen LogP contribution < -0.4 is 0 Å². The van der Waals surface area contributed by atoms with Gasteiger partial charge in [0.05, 0.1) is 6.61 Å². The van der Waals surface area contributed by atoms with Gasteiger partial charge in [-0.25, -0.2) is 0 Å². The van der Waals surface area contributed by atoms with Crippen molar-refractivity contribution in [3.05, 3.63) is 42.0 Å². The van der Waals surface area contributed by atoms with Crippen molar-refractivity contribution >= 4 is 22.5 Å². The van der Waals surface area contributed by atoms with Gasteiger partial charge < -0.3 is 5.11 Å². The molecule has 16 heavy (non-hydrogen) atoms. The first-order valence-corrected chi connectivity index (χ1v) is 6.35. The van der Waals surface area contributed by atoms with Crippen molar-refractivity contribution in [3.63, 3.8) is 0 Å². The van der Waals surface area contributed by atoms with Gasteiger partial charge in [0.2, 0.25) is 0 Å². The summed E-state index contributed by atoms with van der Waals surface area (Å²) >= 11 is 1.71. The first kappa shape index (κ1) is 11.5. The van der Waals surface area contributed by atoms with Gasteiger partial charge >= 0.3 is 0 Å². The summed E-state index contributed by atoms with van der Waals surface area (Å²) in [7, 11) is 0. The van der Waals surface area contributed by atoms with Crippen LogP contribution in [0.25, 0.3) is 10.8 Å². The second kappa shape index (κ2) is 4.89. The Hall–Kier alpha value is -0.990. The lowest BCUT2D eigenvalue weighted by atomic mass is 10.1. The van der Waals surface area contributed by atoms with Gasteiger partial charge in [-0.2, -0.15) is 0 Å². The van der Waals surface area contributed by atoms with Gasteiger partial charge in [0.1, 0.15) is 0 Å². The van der Waals surface area contributed by atoms with E-state index in [-0.39, 0.29) is 11.9 Å². The Morgan fingerprint density at radius 3 is 2.56 bits per heavy atom. The minimum Gasteiger partial charge on any atom is -0.395 e. The Morgan fingerprint density at radius 2 is 1.81 bits per heavy atom. The SMILES string of the molecule is Cc1ccc2cc(SC(C)CO)ccc2c1. The number of aryl methyl sites for hydroxylation is 1. The smallest absolute Gasteiger partial charge is 0.0550 e. The lowest BCUT2D eigenvalue weighted by molar-refractivity contribution is 0.300. The van der Waals surface area contributed by atoms with Crippen LogP contribution in [0.4, 0.5) is 0 Å². The molecule has 2 aromatic rings. The fourth-order valence-electron chi connectivity index (χ4n) is 1.69. The Kier molecular flexibility index (Phi) is 3.52. The van der Waals surface area contributed by atoms with Gasteiger partial charge in [0, 0.05) is 10.1 Å². The van der Waals surface area contributed by atoms with Crippen LogP contribution >= 0.6 is 11.8 Å². The molecule has 0 aromatic heterocycles. The van der Waals surface area contributed by atoms with Gasteiger partial charge in [-0.3, -0.25) is 0 Å². The van der Waals surface area contributed by atoms with Gasteiger partial charge in [0.15, 0.2) is 0 Å². The first-order chi connectivity index (χ1) is 7.69. The zero-order valence-electron chi connectivity index (χ0n) is 9.60. The molecule has 0 bridgehead atoms. The van der Waals surface area contributed by atoms with Crippen molar-refractivity contribution < 1.29 is 5.11 Å². The lowest BCUT2D eigenvalue weighted by Gasteiger charge is -2.08. The third kappa shape index (κ3) is 2.57. The molecule has 2 aromatic carbocycles. The molecular formula is C14H16OS. The average molecular weight is 232 g/mol. The number of thioether (sulfide) groups is 1. The Morgan fingerprint density at radius 1 is 1.12 bits per heavy atom. The summed E-state index contributed by atoms with van der Waals surface area (Å²) in [6, 6.07) is 12.9. The van der Waals surface area contributed by atoms with Crippen molar-refractivity contribution in [1.29, 1.82) is 0 Å². The maximum Gasteiger partial charge on any atom is 0.0550 e. The molecule has 0 heterocycles. The summed E-state index contributed by atoms with van der Waals surface area (Å²) in [6.45, 7) is 4.36. The summed E-state index contributed by atoms with van der Waals surface area (Å²) in [4.78, 5) is 1.22. The number of aliphatic hydroxyl groups excluding tert-OH is 1. The largest absolute Gasteiger partial charge is 0.395 e. The second-order valence-electron chi connectivity index (χ2n) is 4.12. The summed E-state index contributed by atoms with van der Waals surface area (Å²) < 4.78 is 0. The van der Waals surface area contributed by atoms with Gasteiger partial charge in [-0.15, -0.1) is 11.8 Å². The van der Waals surface area contributed by atoms with E-state index in [2.05, 4.69) is 43.3 Å². The second-order valence-corrected chi connectivity index (χ2v) is 5.64. The minimum atomic E-state index is 0.219. The standard InChI is InChI=1S/C14H16OS/c1-10-3-4-13-8-14(16-11(2)9-15)6-5-12(13)7-10/h3-8,11,15H,9H2,1-2H3. The van der Waals surface area contributed by atoms with Crippen LogP contribution in [0.5, 0.6) is 0 Å². The number of hydrogen-bond acceptors (Lipinski definition) is 2. The molecule has 0 spiro atoms. The molecule has 84 valence electrons. The maximum absolute atomic E-state index is 9.02. The fourth-order valence-corrected chi connectivity index (χ4v) is 2.57. The minimum absolute atomic E-state index is 0.219. The van der Waals surface area contributed by atoms with E-state index >= 15 is 0 Å². The van der Waals surface area contributed by atoms with Crippen LogP contribution in [0, 0.1) is 6.92 Å². The highest BCUT2D eigenvalue weighted by molar-refractivity contribution is 8.00. The fraction of sp³-hybridized carbons (Fsp3) is 0.286. The predicted octanol–water partition coefficient (Wildman–Crippen LogP) is 3.62. The van der Waals surface area contributed by atoms with E-state index in [4.69, 9.17) is 5.11 Å². The molecule has 2 rings (SSSR count). The third-order valence-corrected chi connectivity index (χ3v) is 3.64. The van der Waals surface area contributed by atoms with Crippen LogP contribution in [-0.4, -0.2) is 17.0 Å². The molecule has 0 aliphatic carbocycles. The Bertz CT molecular complexity index is 493. The molecule has 0 fully saturated rings. The number of aliphatic hydroxyl groups is 1. The third-order valence-electron chi connectivity index (χ3n) is 2.56. The topological polar surface area (TPSA) is 20.2 Å². The van der Waals surface area contributed by atoms with Crippen molar-refractivity contribution in [2.45, 2.75) is 24.0 Å². The number of benzene rings is 2. The molecule has 0 amide bonds. The first-order valence-electron chi connectivity index (χ1n) is 5.47. The highest BCUT2D eigenvalue weighted by atomic mass is 32.2. The molecule has 1 atom stereocenters. The normalized spacial score (nSPS) is 12.9. The summed E-state index contributed by atoms with van der Waals surface area (Å²) in [5, 5.41) is 11.8. The molecule has 2 heteroatoms. The maximum atomic E-state index is 9.02. The Labute approximate surface area is 100 Å². The van der Waals surface area contributed by atoms with E-state index in [0.717, 1.165) is 0 Å². The van der Waals surface area contributed by atoms with Crippen molar-refractivity contribution in [2.24, 2.45) is 0 Å². The molecule has 1 N–H and O–H groups in total. The van der Waals surface area contributed by atoms with Crippen LogP contribution in [0.15, 0.2) is 41.3 Å². The molecule has 1 unspecified atom stereocenters. The highest BCUT2D eigenvalue weighted by Gasteiger charge is 2.03. The molecule has 0 saturated carbocycles. The molecule has 0 aliphatic rings. The molecule has 0 aliphatic heterocycles. The molecule has 0 radical (unpaired) electrons. The van der Waals surface area contributed by atoms with E-state index in [1.807, 2.05) is 6.92 Å². The van der Waals surface area contributed by atoms with Crippen LogP contribution in [0.2, 0.25) is 0 Å². The Balaban J connectivity index is 2.33. The lowest BCUT2D eigenvalue weighted by Crippen LogP contribution is -2.01.